The zero-order chi connectivity index (χ0) is 23.3. The number of carbonyl (C=O) groups excluding carboxylic acids is 1. The topological polar surface area (TPSA) is 38.3 Å². The molecule has 0 saturated carbocycles. The summed E-state index contributed by atoms with van der Waals surface area (Å²) in [5.41, 5.74) is -1.99. The molecule has 3 nitrogen and oxygen atoms in total. The molecule has 0 radical (unpaired) electrons. The van der Waals surface area contributed by atoms with Gasteiger partial charge in [0.15, 0.2) is 6.10 Å². The Kier molecular flexibility index (Phi) is 6.92. The molecule has 0 unspecified atom stereocenters. The van der Waals surface area contributed by atoms with E-state index in [9.17, 15) is 26.7 Å². The molecular formula is C24H18F5NO2. The minimum atomic E-state index is -4.90. The molecule has 3 aromatic rings. The molecule has 0 heterocycles. The van der Waals surface area contributed by atoms with Crippen LogP contribution in [0.15, 0.2) is 78.9 Å². The molecule has 32 heavy (non-hydrogen) atoms. The summed E-state index contributed by atoms with van der Waals surface area (Å²) in [6, 6.07) is 17.0. The highest BCUT2D eigenvalue weighted by molar-refractivity contribution is 5.94. The van der Waals surface area contributed by atoms with Gasteiger partial charge in [-0.05, 0) is 48.9 Å². The Morgan fingerprint density at radius 3 is 2.06 bits per heavy atom. The van der Waals surface area contributed by atoms with E-state index in [-0.39, 0.29) is 22.6 Å². The Balaban J connectivity index is 1.77. The standard InChI is InChI=1S/C24H18F5NO2/c1-15(23(31)30-20-10-6-5-9-19(20)25)32-18-13-11-17(12-14-18)22(26)21(24(27,28)29)16-7-3-2-4-8-16/h2-15H,1H3,(H,30,31)/b22-21+/t15-/m1/s1. The third kappa shape index (κ3) is 5.51. The summed E-state index contributed by atoms with van der Waals surface area (Å²) < 4.78 is 74.4. The van der Waals surface area contributed by atoms with E-state index in [1.54, 1.807) is 6.07 Å². The Hall–Kier alpha value is -3.68. The van der Waals surface area contributed by atoms with Gasteiger partial charge in [0.05, 0.1) is 11.3 Å². The van der Waals surface area contributed by atoms with Crippen molar-refractivity contribution in [1.29, 1.82) is 0 Å². The van der Waals surface area contributed by atoms with Gasteiger partial charge in [-0.1, -0.05) is 42.5 Å². The lowest BCUT2D eigenvalue weighted by atomic mass is 10.0. The minimum absolute atomic E-state index is 0.0175. The number of hydrogen-bond acceptors (Lipinski definition) is 2. The fourth-order valence-corrected chi connectivity index (χ4v) is 2.90. The first-order valence-electron chi connectivity index (χ1n) is 9.51. The van der Waals surface area contributed by atoms with Crippen LogP contribution in [0.2, 0.25) is 0 Å². The zero-order valence-corrected chi connectivity index (χ0v) is 16.8. The first-order valence-corrected chi connectivity index (χ1v) is 9.51. The number of allylic oxidation sites excluding steroid dienone is 1. The number of nitrogens with one attached hydrogen (secondary N) is 1. The summed E-state index contributed by atoms with van der Waals surface area (Å²) in [6.45, 7) is 1.42. The normalized spacial score (nSPS) is 13.2. The lowest BCUT2D eigenvalue weighted by molar-refractivity contribution is -0.122. The highest BCUT2D eigenvalue weighted by Crippen LogP contribution is 2.40. The van der Waals surface area contributed by atoms with E-state index in [2.05, 4.69) is 5.32 Å². The zero-order valence-electron chi connectivity index (χ0n) is 16.8. The van der Waals surface area contributed by atoms with Crippen molar-refractivity contribution < 1.29 is 31.5 Å². The van der Waals surface area contributed by atoms with Gasteiger partial charge >= 0.3 is 6.18 Å². The number of amides is 1. The number of carbonyl (C=O) groups is 1. The van der Waals surface area contributed by atoms with Gasteiger partial charge in [-0.25, -0.2) is 8.78 Å². The number of benzene rings is 3. The van der Waals surface area contributed by atoms with Gasteiger partial charge in [0, 0.05) is 5.56 Å². The Morgan fingerprint density at radius 2 is 1.47 bits per heavy atom. The highest BCUT2D eigenvalue weighted by atomic mass is 19.4. The molecule has 1 atom stereocenters. The molecule has 3 rings (SSSR count). The molecule has 0 aromatic heterocycles. The highest BCUT2D eigenvalue weighted by Gasteiger charge is 2.38. The van der Waals surface area contributed by atoms with Crippen molar-refractivity contribution in [2.75, 3.05) is 5.32 Å². The van der Waals surface area contributed by atoms with E-state index in [0.717, 1.165) is 12.1 Å². The molecule has 8 heteroatoms. The number of alkyl halides is 3. The van der Waals surface area contributed by atoms with Crippen molar-refractivity contribution in [3.05, 3.63) is 95.8 Å². The maximum absolute atomic E-state index is 14.8. The SMILES string of the molecule is C[C@@H](Oc1ccc(/C(F)=C(/c2ccccc2)C(F)(F)F)cc1)C(=O)Nc1ccccc1F. The Labute approximate surface area is 181 Å². The monoisotopic (exact) mass is 447 g/mol. The minimum Gasteiger partial charge on any atom is -0.481 e. The van der Waals surface area contributed by atoms with Crippen molar-refractivity contribution in [3.8, 4) is 5.75 Å². The summed E-state index contributed by atoms with van der Waals surface area (Å²) in [4.78, 5) is 12.2. The second kappa shape index (κ2) is 9.64. The van der Waals surface area contributed by atoms with Crippen LogP contribution < -0.4 is 10.1 Å². The van der Waals surface area contributed by atoms with Gasteiger partial charge in [0.2, 0.25) is 0 Å². The summed E-state index contributed by atoms with van der Waals surface area (Å²) >= 11 is 0. The number of para-hydroxylation sites is 1. The maximum atomic E-state index is 14.8. The Morgan fingerprint density at radius 1 is 0.875 bits per heavy atom. The predicted molar refractivity (Wildman–Crippen MR) is 112 cm³/mol. The first kappa shape index (κ1) is 23.0. The first-order chi connectivity index (χ1) is 15.2. The van der Waals surface area contributed by atoms with Crippen LogP contribution in [-0.2, 0) is 4.79 Å². The van der Waals surface area contributed by atoms with Crippen molar-refractivity contribution >= 4 is 23.0 Å². The second-order valence-electron chi connectivity index (χ2n) is 6.81. The van der Waals surface area contributed by atoms with E-state index in [1.165, 1.54) is 67.6 Å². The van der Waals surface area contributed by atoms with Gasteiger partial charge in [0.25, 0.3) is 5.91 Å². The molecule has 0 bridgehead atoms. The van der Waals surface area contributed by atoms with Crippen LogP contribution in [0.3, 0.4) is 0 Å². The fourth-order valence-electron chi connectivity index (χ4n) is 2.90. The van der Waals surface area contributed by atoms with Gasteiger partial charge in [-0.3, -0.25) is 4.79 Å². The molecule has 0 aliphatic heterocycles. The van der Waals surface area contributed by atoms with Crippen molar-refractivity contribution in [2.45, 2.75) is 19.2 Å². The molecule has 1 amide bonds. The van der Waals surface area contributed by atoms with Crippen molar-refractivity contribution in [1.82, 2.24) is 0 Å². The molecule has 0 spiro atoms. The summed E-state index contributed by atoms with van der Waals surface area (Å²) in [6.07, 6.45) is -5.95. The van der Waals surface area contributed by atoms with Crippen LogP contribution in [0.5, 0.6) is 5.75 Å². The van der Waals surface area contributed by atoms with Crippen LogP contribution in [0.4, 0.5) is 27.6 Å². The lowest BCUT2D eigenvalue weighted by Crippen LogP contribution is -2.30. The predicted octanol–water partition coefficient (Wildman–Crippen LogP) is 6.63. The van der Waals surface area contributed by atoms with Crippen molar-refractivity contribution in [3.63, 3.8) is 0 Å². The number of ether oxygens (including phenoxy) is 1. The average molecular weight is 447 g/mol. The number of rotatable bonds is 6. The molecular weight excluding hydrogens is 429 g/mol. The molecule has 0 aliphatic carbocycles. The average Bonchev–Trinajstić information content (AvgIpc) is 2.75. The van der Waals surface area contributed by atoms with E-state index in [0.29, 0.717) is 0 Å². The second-order valence-corrected chi connectivity index (χ2v) is 6.81. The third-order valence-electron chi connectivity index (χ3n) is 4.49. The van der Waals surface area contributed by atoms with Gasteiger partial charge in [-0.2, -0.15) is 13.2 Å². The third-order valence-corrected chi connectivity index (χ3v) is 4.49. The van der Waals surface area contributed by atoms with E-state index in [4.69, 9.17) is 4.74 Å². The smallest absolute Gasteiger partial charge is 0.419 e. The fraction of sp³-hybridized carbons (Fsp3) is 0.125. The molecule has 1 N–H and O–H groups in total. The van der Waals surface area contributed by atoms with Crippen LogP contribution in [-0.4, -0.2) is 18.2 Å². The quantitative estimate of drug-likeness (QED) is 0.340. The van der Waals surface area contributed by atoms with Crippen LogP contribution in [0.25, 0.3) is 11.4 Å². The van der Waals surface area contributed by atoms with Crippen molar-refractivity contribution in [2.24, 2.45) is 0 Å². The summed E-state index contributed by atoms with van der Waals surface area (Å²) in [5.74, 6) is -2.54. The molecule has 0 aliphatic rings. The van der Waals surface area contributed by atoms with Gasteiger partial charge in [0.1, 0.15) is 17.4 Å². The van der Waals surface area contributed by atoms with E-state index < -0.39 is 35.4 Å². The summed E-state index contributed by atoms with van der Waals surface area (Å²) in [5, 5.41) is 2.38. The molecule has 0 fully saturated rings. The number of halogens is 5. The van der Waals surface area contributed by atoms with Gasteiger partial charge < -0.3 is 10.1 Å². The number of anilines is 1. The van der Waals surface area contributed by atoms with E-state index >= 15 is 0 Å². The molecule has 166 valence electrons. The lowest BCUT2D eigenvalue weighted by Gasteiger charge is -2.16. The van der Waals surface area contributed by atoms with Crippen LogP contribution in [0.1, 0.15) is 18.1 Å². The Bertz CT molecular complexity index is 1110. The summed E-state index contributed by atoms with van der Waals surface area (Å²) in [7, 11) is 0. The largest absolute Gasteiger partial charge is 0.481 e. The molecule has 0 saturated heterocycles. The molecule has 3 aromatic carbocycles. The maximum Gasteiger partial charge on any atom is 0.419 e. The van der Waals surface area contributed by atoms with Crippen LogP contribution >= 0.6 is 0 Å². The van der Waals surface area contributed by atoms with Crippen LogP contribution in [0, 0.1) is 5.82 Å². The number of hydrogen-bond donors (Lipinski definition) is 1. The van der Waals surface area contributed by atoms with Gasteiger partial charge in [-0.15, -0.1) is 0 Å². The van der Waals surface area contributed by atoms with E-state index in [1.807, 2.05) is 0 Å².